The Bertz CT molecular complexity index is 1410. The van der Waals surface area contributed by atoms with Crippen LogP contribution < -0.4 is 15.6 Å². The van der Waals surface area contributed by atoms with Gasteiger partial charge in [-0.2, -0.15) is 0 Å². The van der Waals surface area contributed by atoms with E-state index in [1.165, 1.54) is 16.6 Å². The number of carbonyl (C=O) groups excluding carboxylic acids is 1. The molecule has 2 aromatic carbocycles. The van der Waals surface area contributed by atoms with Gasteiger partial charge >= 0.3 is 0 Å². The molecule has 1 atom stereocenters. The number of aromatic nitrogens is 2. The van der Waals surface area contributed by atoms with Crippen molar-refractivity contribution in [3.8, 4) is 11.4 Å². The molecule has 0 fully saturated rings. The van der Waals surface area contributed by atoms with Gasteiger partial charge in [-0.15, -0.1) is 11.3 Å². The first kappa shape index (κ1) is 23.6. The van der Waals surface area contributed by atoms with Crippen LogP contribution in [0.25, 0.3) is 15.9 Å². The normalized spacial score (nSPS) is 15.1. The number of fused-ring (bicyclic) bond motifs is 3. The molecule has 0 bridgehead atoms. The smallest absolute Gasteiger partial charge is 0.267 e. The number of anilines is 1. The van der Waals surface area contributed by atoms with Gasteiger partial charge in [-0.3, -0.25) is 14.2 Å². The first-order valence-corrected chi connectivity index (χ1v) is 13.6. The van der Waals surface area contributed by atoms with Crippen molar-refractivity contribution in [3.63, 3.8) is 0 Å². The van der Waals surface area contributed by atoms with Crippen LogP contribution in [0.5, 0.6) is 5.75 Å². The van der Waals surface area contributed by atoms with Crippen LogP contribution in [0.4, 0.5) is 5.69 Å². The Morgan fingerprint density at radius 2 is 1.97 bits per heavy atom. The third-order valence-electron chi connectivity index (χ3n) is 6.09. The number of carbonyl (C=O) groups is 1. The molecule has 4 aromatic rings. The fourth-order valence-electron chi connectivity index (χ4n) is 4.40. The highest BCUT2D eigenvalue weighted by atomic mass is 32.2. The van der Waals surface area contributed by atoms with E-state index in [-0.39, 0.29) is 17.2 Å². The van der Waals surface area contributed by atoms with Crippen molar-refractivity contribution in [2.75, 3.05) is 17.7 Å². The number of amides is 1. The van der Waals surface area contributed by atoms with Crippen LogP contribution in [0.1, 0.15) is 30.7 Å². The maximum atomic E-state index is 13.8. The van der Waals surface area contributed by atoms with Gasteiger partial charge in [-0.25, -0.2) is 4.98 Å². The van der Waals surface area contributed by atoms with E-state index >= 15 is 0 Å². The number of ether oxygens (including phenoxy) is 1. The van der Waals surface area contributed by atoms with Gasteiger partial charge in [0.15, 0.2) is 5.16 Å². The second-order valence-corrected chi connectivity index (χ2v) is 10.7. The second kappa shape index (κ2) is 10.3. The summed E-state index contributed by atoms with van der Waals surface area (Å²) in [5, 5.41) is 4.18. The minimum atomic E-state index is -0.160. The van der Waals surface area contributed by atoms with Crippen LogP contribution >= 0.6 is 23.1 Å². The SMILES string of the molecule is CCOc1ccc(NC(=O)CSc2nc3sc4c(c3c(=O)n2-c2ccccc2)CC[C@@H](C)C4)cc1. The predicted octanol–water partition coefficient (Wildman–Crippen LogP) is 5.70. The Balaban J connectivity index is 1.44. The van der Waals surface area contributed by atoms with E-state index in [1.807, 2.05) is 61.5 Å². The van der Waals surface area contributed by atoms with Crippen molar-refractivity contribution in [2.24, 2.45) is 5.92 Å². The Morgan fingerprint density at radius 1 is 1.20 bits per heavy atom. The summed E-state index contributed by atoms with van der Waals surface area (Å²) in [6.07, 6.45) is 3.00. The third-order valence-corrected chi connectivity index (χ3v) is 8.18. The van der Waals surface area contributed by atoms with Crippen LogP contribution in [0, 0.1) is 5.92 Å². The summed E-state index contributed by atoms with van der Waals surface area (Å²) in [5.74, 6) is 1.36. The monoisotopic (exact) mass is 505 g/mol. The molecular formula is C27H27N3O3S2. The van der Waals surface area contributed by atoms with Gasteiger partial charge in [-0.05, 0) is 74.1 Å². The average molecular weight is 506 g/mol. The number of para-hydroxylation sites is 1. The predicted molar refractivity (Wildman–Crippen MR) is 143 cm³/mol. The molecule has 0 radical (unpaired) electrons. The zero-order chi connectivity index (χ0) is 24.4. The van der Waals surface area contributed by atoms with Crippen molar-refractivity contribution in [3.05, 3.63) is 75.4 Å². The van der Waals surface area contributed by atoms with Crippen molar-refractivity contribution >= 4 is 44.9 Å². The summed E-state index contributed by atoms with van der Waals surface area (Å²) < 4.78 is 7.11. The fraction of sp³-hybridized carbons (Fsp3) is 0.296. The Hall–Kier alpha value is -3.10. The van der Waals surface area contributed by atoms with Crippen LogP contribution in [0.2, 0.25) is 0 Å². The third kappa shape index (κ3) is 4.99. The molecule has 1 aliphatic rings. The summed E-state index contributed by atoms with van der Waals surface area (Å²) in [7, 11) is 0. The zero-order valence-corrected chi connectivity index (χ0v) is 21.4. The number of benzene rings is 2. The highest BCUT2D eigenvalue weighted by molar-refractivity contribution is 7.99. The quantitative estimate of drug-likeness (QED) is 0.258. The molecule has 6 nitrogen and oxygen atoms in total. The van der Waals surface area contributed by atoms with Crippen LogP contribution in [-0.2, 0) is 17.6 Å². The minimum absolute atomic E-state index is 0.0531. The molecule has 35 heavy (non-hydrogen) atoms. The molecule has 2 heterocycles. The van der Waals surface area contributed by atoms with Crippen LogP contribution in [0.3, 0.4) is 0 Å². The van der Waals surface area contributed by atoms with E-state index in [1.54, 1.807) is 15.9 Å². The first-order chi connectivity index (χ1) is 17.0. The second-order valence-electron chi connectivity index (χ2n) is 8.70. The van der Waals surface area contributed by atoms with Crippen LogP contribution in [-0.4, -0.2) is 27.8 Å². The van der Waals surface area contributed by atoms with Gasteiger partial charge in [-0.1, -0.05) is 36.9 Å². The number of thiophene rings is 1. The van der Waals surface area contributed by atoms with Gasteiger partial charge in [0.1, 0.15) is 10.6 Å². The Labute approximate surface area is 212 Å². The van der Waals surface area contributed by atoms with E-state index in [9.17, 15) is 9.59 Å². The lowest BCUT2D eigenvalue weighted by atomic mass is 9.89. The number of rotatable bonds is 7. The molecule has 0 unspecified atom stereocenters. The summed E-state index contributed by atoms with van der Waals surface area (Å²) in [5.41, 5.74) is 2.56. The lowest BCUT2D eigenvalue weighted by molar-refractivity contribution is -0.113. The van der Waals surface area contributed by atoms with Crippen molar-refractivity contribution in [1.82, 2.24) is 9.55 Å². The Kier molecular flexibility index (Phi) is 6.92. The standard InChI is InChI=1S/C27H27N3O3S2/c1-3-33-20-12-10-18(11-13-20)28-23(31)16-34-27-29-25-24(21-14-9-17(2)15-22(21)35-25)26(32)30(27)19-7-5-4-6-8-19/h4-8,10-13,17H,3,9,14-16H2,1-2H3,(H,28,31)/t17-/m1/s1. The number of nitrogens with zero attached hydrogens (tertiary/aromatic N) is 2. The average Bonchev–Trinajstić information content (AvgIpc) is 3.22. The fourth-order valence-corrected chi connectivity index (χ4v) is 6.64. The zero-order valence-electron chi connectivity index (χ0n) is 19.7. The molecule has 180 valence electrons. The van der Waals surface area contributed by atoms with E-state index in [4.69, 9.17) is 9.72 Å². The van der Waals surface area contributed by atoms with Crippen molar-refractivity contribution < 1.29 is 9.53 Å². The van der Waals surface area contributed by atoms with E-state index < -0.39 is 0 Å². The van der Waals surface area contributed by atoms with Crippen molar-refractivity contribution in [1.29, 1.82) is 0 Å². The minimum Gasteiger partial charge on any atom is -0.494 e. The topological polar surface area (TPSA) is 73.2 Å². The molecular weight excluding hydrogens is 478 g/mol. The Morgan fingerprint density at radius 3 is 2.71 bits per heavy atom. The molecule has 1 aliphatic carbocycles. The van der Waals surface area contributed by atoms with Crippen LogP contribution in [0.15, 0.2) is 64.5 Å². The maximum absolute atomic E-state index is 13.8. The molecule has 5 rings (SSSR count). The highest BCUT2D eigenvalue weighted by Gasteiger charge is 2.25. The number of nitrogens with one attached hydrogen (secondary N) is 1. The number of aryl methyl sites for hydroxylation is 1. The largest absolute Gasteiger partial charge is 0.494 e. The molecule has 0 saturated carbocycles. The number of thioether (sulfide) groups is 1. The van der Waals surface area contributed by atoms with E-state index in [0.717, 1.165) is 46.5 Å². The summed E-state index contributed by atoms with van der Waals surface area (Å²) in [4.78, 5) is 33.5. The lowest BCUT2D eigenvalue weighted by Gasteiger charge is -2.17. The molecule has 8 heteroatoms. The molecule has 0 saturated heterocycles. The van der Waals surface area contributed by atoms with Crippen molar-refractivity contribution in [2.45, 2.75) is 38.3 Å². The molecule has 1 N–H and O–H groups in total. The highest BCUT2D eigenvalue weighted by Crippen LogP contribution is 2.37. The molecule has 1 amide bonds. The summed E-state index contributed by atoms with van der Waals surface area (Å²) in [6.45, 7) is 4.78. The lowest BCUT2D eigenvalue weighted by Crippen LogP contribution is -2.23. The van der Waals surface area contributed by atoms with Gasteiger partial charge < -0.3 is 10.1 Å². The van der Waals surface area contributed by atoms with Gasteiger partial charge in [0.25, 0.3) is 5.56 Å². The molecule has 0 aliphatic heterocycles. The van der Waals surface area contributed by atoms with Gasteiger partial charge in [0.2, 0.25) is 5.91 Å². The maximum Gasteiger partial charge on any atom is 0.267 e. The first-order valence-electron chi connectivity index (χ1n) is 11.8. The van der Waals surface area contributed by atoms with Gasteiger partial charge in [0.05, 0.1) is 23.4 Å². The molecule has 2 aromatic heterocycles. The molecule has 0 spiro atoms. The summed E-state index contributed by atoms with van der Waals surface area (Å²) in [6, 6.07) is 16.8. The van der Waals surface area contributed by atoms with E-state index in [2.05, 4.69) is 12.2 Å². The number of hydrogen-bond donors (Lipinski definition) is 1. The summed E-state index contributed by atoms with van der Waals surface area (Å²) >= 11 is 2.91. The van der Waals surface area contributed by atoms with Gasteiger partial charge in [0, 0.05) is 10.6 Å². The number of hydrogen-bond acceptors (Lipinski definition) is 6. The van der Waals surface area contributed by atoms with E-state index in [0.29, 0.717) is 23.4 Å².